The first-order valence-electron chi connectivity index (χ1n) is 8.18. The number of allylic oxidation sites excluding steroid dienone is 1. The van der Waals surface area contributed by atoms with Gasteiger partial charge in [0.25, 0.3) is 5.91 Å². The summed E-state index contributed by atoms with van der Waals surface area (Å²) >= 11 is 0. The van der Waals surface area contributed by atoms with E-state index in [1.807, 2.05) is 6.92 Å². The Hall–Kier alpha value is -2.47. The molecule has 130 valence electrons. The van der Waals surface area contributed by atoms with Gasteiger partial charge in [-0.15, -0.1) is 0 Å². The molecular weight excluding hydrogens is 302 g/mol. The van der Waals surface area contributed by atoms with E-state index in [2.05, 4.69) is 45.9 Å². The Morgan fingerprint density at radius 3 is 2.83 bits per heavy atom. The third-order valence-electron chi connectivity index (χ3n) is 3.45. The van der Waals surface area contributed by atoms with Gasteiger partial charge in [-0.3, -0.25) is 9.79 Å². The Morgan fingerprint density at radius 2 is 2.17 bits per heavy atom. The Bertz CT molecular complexity index is 591. The van der Waals surface area contributed by atoms with Gasteiger partial charge in [0, 0.05) is 37.4 Å². The Balaban J connectivity index is 2.67. The number of nitrogens with zero attached hydrogens (tertiary/aromatic N) is 3. The predicted octanol–water partition coefficient (Wildman–Crippen LogP) is 2.68. The van der Waals surface area contributed by atoms with Gasteiger partial charge in [-0.2, -0.15) is 0 Å². The van der Waals surface area contributed by atoms with Crippen molar-refractivity contribution in [2.45, 2.75) is 20.8 Å². The summed E-state index contributed by atoms with van der Waals surface area (Å²) in [4.78, 5) is 22.9. The maximum Gasteiger partial charge on any atom is 0.259 e. The van der Waals surface area contributed by atoms with Gasteiger partial charge in [-0.1, -0.05) is 20.4 Å². The van der Waals surface area contributed by atoms with Gasteiger partial charge >= 0.3 is 0 Å². The molecule has 0 saturated carbocycles. The number of carbonyl (C=O) groups is 1. The van der Waals surface area contributed by atoms with Gasteiger partial charge in [0.2, 0.25) is 0 Å². The van der Waals surface area contributed by atoms with Crippen molar-refractivity contribution in [2.75, 3.05) is 31.5 Å². The minimum absolute atomic E-state index is 0.247. The molecule has 0 aliphatic rings. The number of aliphatic imine (C=N–C) groups is 1. The van der Waals surface area contributed by atoms with Crippen LogP contribution in [0, 0.1) is 0 Å². The minimum atomic E-state index is -0.247. The van der Waals surface area contributed by atoms with Crippen molar-refractivity contribution in [3.05, 3.63) is 48.4 Å². The standard InChI is InChI=1S/C18H27N5O/c1-5-19-12-10-15(4)22-18(24)16-9-8-11-20-17(16)21-13-14-23(6-2)7-3/h5,8-12H,4,6-7,13-14H2,1-3H3,(H,20,21)(H,22,24)/b12-10-,19-5?. The second-order valence-corrected chi connectivity index (χ2v) is 5.06. The van der Waals surface area contributed by atoms with Crippen molar-refractivity contribution in [3.63, 3.8) is 0 Å². The average Bonchev–Trinajstić information content (AvgIpc) is 2.59. The molecule has 1 heterocycles. The lowest BCUT2D eigenvalue weighted by Crippen LogP contribution is -2.29. The van der Waals surface area contributed by atoms with Gasteiger partial charge in [0.05, 0.1) is 5.56 Å². The van der Waals surface area contributed by atoms with E-state index in [1.165, 1.54) is 0 Å². The molecule has 0 aliphatic carbocycles. The predicted molar refractivity (Wildman–Crippen MR) is 100 cm³/mol. The third-order valence-corrected chi connectivity index (χ3v) is 3.45. The smallest absolute Gasteiger partial charge is 0.259 e. The second-order valence-electron chi connectivity index (χ2n) is 5.06. The molecule has 0 saturated heterocycles. The monoisotopic (exact) mass is 329 g/mol. The first-order chi connectivity index (χ1) is 11.6. The van der Waals surface area contributed by atoms with Crippen molar-refractivity contribution < 1.29 is 4.79 Å². The van der Waals surface area contributed by atoms with E-state index >= 15 is 0 Å². The van der Waals surface area contributed by atoms with E-state index in [-0.39, 0.29) is 5.91 Å². The topological polar surface area (TPSA) is 69.6 Å². The Morgan fingerprint density at radius 1 is 1.42 bits per heavy atom. The number of carbonyl (C=O) groups excluding carboxylic acids is 1. The van der Waals surface area contributed by atoms with Crippen LogP contribution in [0.25, 0.3) is 0 Å². The maximum atomic E-state index is 12.4. The molecule has 0 spiro atoms. The largest absolute Gasteiger partial charge is 0.368 e. The van der Waals surface area contributed by atoms with Crippen molar-refractivity contribution >= 4 is 17.9 Å². The van der Waals surface area contributed by atoms with Crippen LogP contribution in [-0.4, -0.2) is 48.2 Å². The minimum Gasteiger partial charge on any atom is -0.368 e. The number of anilines is 1. The van der Waals surface area contributed by atoms with Crippen LogP contribution in [0.5, 0.6) is 0 Å². The Labute approximate surface area is 144 Å². The summed E-state index contributed by atoms with van der Waals surface area (Å²) in [5, 5.41) is 5.97. The zero-order valence-corrected chi connectivity index (χ0v) is 14.7. The summed E-state index contributed by atoms with van der Waals surface area (Å²) in [6.45, 7) is 13.5. The highest BCUT2D eigenvalue weighted by Gasteiger charge is 2.12. The van der Waals surface area contributed by atoms with Crippen LogP contribution in [0.3, 0.4) is 0 Å². The van der Waals surface area contributed by atoms with Crippen LogP contribution in [0.15, 0.2) is 47.9 Å². The molecule has 0 fully saturated rings. The maximum absolute atomic E-state index is 12.4. The first kappa shape index (κ1) is 19.6. The number of hydrogen-bond donors (Lipinski definition) is 2. The number of nitrogens with one attached hydrogen (secondary N) is 2. The Kier molecular flexibility index (Phi) is 9.07. The summed E-state index contributed by atoms with van der Waals surface area (Å²) in [6.07, 6.45) is 6.54. The molecular formula is C18H27N5O. The van der Waals surface area contributed by atoms with E-state index in [9.17, 15) is 4.79 Å². The fraction of sp³-hybridized carbons (Fsp3) is 0.389. The van der Waals surface area contributed by atoms with Crippen molar-refractivity contribution in [1.82, 2.24) is 15.2 Å². The number of rotatable bonds is 10. The van der Waals surface area contributed by atoms with Crippen LogP contribution in [0.1, 0.15) is 31.1 Å². The number of pyridine rings is 1. The van der Waals surface area contributed by atoms with Gasteiger partial charge in [0.1, 0.15) is 5.82 Å². The van der Waals surface area contributed by atoms with E-state index < -0.39 is 0 Å². The molecule has 0 bridgehead atoms. The molecule has 0 aromatic carbocycles. The zero-order chi connectivity index (χ0) is 17.8. The van der Waals surface area contributed by atoms with Crippen LogP contribution < -0.4 is 10.6 Å². The third kappa shape index (κ3) is 6.75. The van der Waals surface area contributed by atoms with Gasteiger partial charge in [0.15, 0.2) is 0 Å². The summed E-state index contributed by atoms with van der Waals surface area (Å²) in [6, 6.07) is 3.48. The van der Waals surface area contributed by atoms with Crippen molar-refractivity contribution in [2.24, 2.45) is 4.99 Å². The van der Waals surface area contributed by atoms with E-state index in [4.69, 9.17) is 0 Å². The molecule has 0 atom stereocenters. The fourth-order valence-corrected chi connectivity index (χ4v) is 2.08. The fourth-order valence-electron chi connectivity index (χ4n) is 2.08. The normalized spacial score (nSPS) is 11.3. The van der Waals surface area contributed by atoms with Crippen LogP contribution in [0.4, 0.5) is 5.82 Å². The average molecular weight is 329 g/mol. The summed E-state index contributed by atoms with van der Waals surface area (Å²) in [5.74, 6) is 0.328. The summed E-state index contributed by atoms with van der Waals surface area (Å²) in [7, 11) is 0. The number of hydrogen-bond acceptors (Lipinski definition) is 5. The molecule has 0 radical (unpaired) electrons. The lowest BCUT2D eigenvalue weighted by Gasteiger charge is -2.18. The zero-order valence-electron chi connectivity index (χ0n) is 14.7. The molecule has 1 aromatic heterocycles. The van der Waals surface area contributed by atoms with Crippen LogP contribution in [0.2, 0.25) is 0 Å². The highest BCUT2D eigenvalue weighted by atomic mass is 16.1. The molecule has 24 heavy (non-hydrogen) atoms. The molecule has 0 unspecified atom stereocenters. The number of likely N-dealkylation sites (N-methyl/N-ethyl adjacent to an activating group) is 1. The number of aromatic nitrogens is 1. The number of amides is 1. The summed E-state index contributed by atoms with van der Waals surface area (Å²) < 4.78 is 0. The van der Waals surface area contributed by atoms with Gasteiger partial charge in [-0.25, -0.2) is 4.98 Å². The molecule has 2 N–H and O–H groups in total. The molecule has 0 aliphatic heterocycles. The molecule has 6 heteroatoms. The highest BCUT2D eigenvalue weighted by molar-refractivity contribution is 5.99. The molecule has 1 aromatic rings. The van der Waals surface area contributed by atoms with Gasteiger partial charge in [-0.05, 0) is 38.2 Å². The quantitative estimate of drug-likeness (QED) is 0.511. The first-order valence-corrected chi connectivity index (χ1v) is 8.18. The summed E-state index contributed by atoms with van der Waals surface area (Å²) in [5.41, 5.74) is 0.967. The lowest BCUT2D eigenvalue weighted by atomic mass is 10.2. The van der Waals surface area contributed by atoms with Crippen molar-refractivity contribution in [1.29, 1.82) is 0 Å². The second kappa shape index (κ2) is 11.1. The van der Waals surface area contributed by atoms with E-state index in [1.54, 1.807) is 36.8 Å². The van der Waals surface area contributed by atoms with Gasteiger partial charge < -0.3 is 15.5 Å². The van der Waals surface area contributed by atoms with E-state index in [0.717, 1.165) is 26.2 Å². The van der Waals surface area contributed by atoms with Crippen LogP contribution in [-0.2, 0) is 0 Å². The van der Waals surface area contributed by atoms with Crippen LogP contribution >= 0.6 is 0 Å². The van der Waals surface area contributed by atoms with E-state index in [0.29, 0.717) is 17.1 Å². The molecule has 1 amide bonds. The lowest BCUT2D eigenvalue weighted by molar-refractivity contribution is 0.0968. The molecule has 6 nitrogen and oxygen atoms in total. The van der Waals surface area contributed by atoms with Crippen molar-refractivity contribution in [3.8, 4) is 0 Å². The molecule has 1 rings (SSSR count). The highest BCUT2D eigenvalue weighted by Crippen LogP contribution is 2.11. The SMILES string of the molecule is C=C(/C=C\N=CC)NC(=O)c1cccnc1NCCN(CC)CC.